The quantitative estimate of drug-likeness (QED) is 0.777. The lowest BCUT2D eigenvalue weighted by atomic mass is 10.1. The molecule has 0 spiro atoms. The molecule has 0 fully saturated rings. The van der Waals surface area contributed by atoms with E-state index in [9.17, 15) is 9.59 Å². The molecule has 0 atom stereocenters. The summed E-state index contributed by atoms with van der Waals surface area (Å²) in [5.41, 5.74) is 7.12. The van der Waals surface area contributed by atoms with Gasteiger partial charge in [0, 0.05) is 5.39 Å². The van der Waals surface area contributed by atoms with Crippen LogP contribution in [-0.4, -0.2) is 16.8 Å². The van der Waals surface area contributed by atoms with Gasteiger partial charge in [-0.2, -0.15) is 0 Å². The first-order valence-corrected chi connectivity index (χ1v) is 6.70. The van der Waals surface area contributed by atoms with Crippen LogP contribution in [0.15, 0.2) is 60.8 Å². The molecule has 3 N–H and O–H groups in total. The summed E-state index contributed by atoms with van der Waals surface area (Å²) >= 11 is 0. The molecule has 5 nitrogen and oxygen atoms in total. The summed E-state index contributed by atoms with van der Waals surface area (Å²) < 4.78 is 0. The molecule has 3 aromatic rings. The van der Waals surface area contributed by atoms with Crippen molar-refractivity contribution in [2.75, 3.05) is 5.32 Å². The van der Waals surface area contributed by atoms with E-state index in [2.05, 4.69) is 10.3 Å². The maximum atomic E-state index is 12.3. The Hall–Kier alpha value is -3.21. The van der Waals surface area contributed by atoms with Crippen LogP contribution in [0, 0.1) is 0 Å². The van der Waals surface area contributed by atoms with Crippen molar-refractivity contribution < 1.29 is 9.59 Å². The summed E-state index contributed by atoms with van der Waals surface area (Å²) in [6.45, 7) is 0. The van der Waals surface area contributed by atoms with Crippen LogP contribution in [0.2, 0.25) is 0 Å². The van der Waals surface area contributed by atoms with Crippen molar-refractivity contribution in [1.82, 2.24) is 4.98 Å². The Bertz CT molecular complexity index is 874. The molecular weight excluding hydrogens is 278 g/mol. The minimum Gasteiger partial charge on any atom is -0.366 e. The van der Waals surface area contributed by atoms with Gasteiger partial charge in [-0.05, 0) is 24.3 Å². The van der Waals surface area contributed by atoms with E-state index in [0.29, 0.717) is 5.69 Å². The van der Waals surface area contributed by atoms with Gasteiger partial charge >= 0.3 is 0 Å². The Labute approximate surface area is 126 Å². The number of aromatic nitrogens is 1. The molecule has 2 aromatic carbocycles. The molecule has 1 heterocycles. The van der Waals surface area contributed by atoms with Crippen molar-refractivity contribution in [2.24, 2.45) is 5.73 Å². The molecule has 108 valence electrons. The number of hydrogen-bond donors (Lipinski definition) is 2. The highest BCUT2D eigenvalue weighted by Gasteiger charge is 2.14. The second-order valence-electron chi connectivity index (χ2n) is 4.78. The highest BCUT2D eigenvalue weighted by molar-refractivity contribution is 6.12. The zero-order valence-electron chi connectivity index (χ0n) is 11.6. The van der Waals surface area contributed by atoms with Crippen LogP contribution in [0.5, 0.6) is 0 Å². The van der Waals surface area contributed by atoms with Crippen molar-refractivity contribution in [3.8, 4) is 0 Å². The van der Waals surface area contributed by atoms with E-state index in [-0.39, 0.29) is 11.1 Å². The largest absolute Gasteiger partial charge is 0.366 e. The molecule has 0 unspecified atom stereocenters. The average Bonchev–Trinajstić information content (AvgIpc) is 2.54. The van der Waals surface area contributed by atoms with E-state index in [1.807, 2.05) is 30.3 Å². The molecule has 0 saturated heterocycles. The van der Waals surface area contributed by atoms with Crippen LogP contribution in [0.4, 0.5) is 5.69 Å². The van der Waals surface area contributed by atoms with Gasteiger partial charge in [-0.25, -0.2) is 0 Å². The highest BCUT2D eigenvalue weighted by Crippen LogP contribution is 2.17. The predicted octanol–water partition coefficient (Wildman–Crippen LogP) is 2.59. The smallest absolute Gasteiger partial charge is 0.256 e. The lowest BCUT2D eigenvalue weighted by molar-refractivity contribution is 0.0977. The minimum atomic E-state index is -0.637. The van der Waals surface area contributed by atoms with Crippen molar-refractivity contribution >= 4 is 28.4 Å². The van der Waals surface area contributed by atoms with Crippen molar-refractivity contribution in [1.29, 1.82) is 0 Å². The molecule has 0 aliphatic rings. The summed E-state index contributed by atoms with van der Waals surface area (Å²) in [6, 6.07) is 15.9. The lowest BCUT2D eigenvalue weighted by Crippen LogP contribution is -2.20. The Kier molecular flexibility index (Phi) is 3.53. The fraction of sp³-hybridized carbons (Fsp3) is 0. The minimum absolute atomic E-state index is 0.189. The second kappa shape index (κ2) is 5.65. The standard InChI is InChI=1S/C17H13N3O2/c18-16(21)13-6-2-3-7-14(13)17(22)20-12-9-11-5-1-4-8-15(11)19-10-12/h1-10H,(H2,18,21)(H,20,22). The molecule has 2 amide bonds. The number of hydrogen-bond acceptors (Lipinski definition) is 3. The van der Waals surface area contributed by atoms with Gasteiger partial charge in [0.15, 0.2) is 0 Å². The first-order valence-electron chi connectivity index (χ1n) is 6.70. The van der Waals surface area contributed by atoms with Gasteiger partial charge in [-0.3, -0.25) is 14.6 Å². The number of anilines is 1. The molecule has 0 saturated carbocycles. The fourth-order valence-electron chi connectivity index (χ4n) is 2.23. The average molecular weight is 291 g/mol. The zero-order chi connectivity index (χ0) is 15.5. The molecule has 22 heavy (non-hydrogen) atoms. The molecule has 0 radical (unpaired) electrons. The molecule has 0 aliphatic heterocycles. The number of primary amides is 1. The van der Waals surface area contributed by atoms with Crippen molar-refractivity contribution in [2.45, 2.75) is 0 Å². The van der Waals surface area contributed by atoms with E-state index < -0.39 is 11.8 Å². The maximum Gasteiger partial charge on any atom is 0.256 e. The molecule has 1 aromatic heterocycles. The Morgan fingerprint density at radius 1 is 0.955 bits per heavy atom. The van der Waals surface area contributed by atoms with Gasteiger partial charge in [-0.15, -0.1) is 0 Å². The molecule has 0 bridgehead atoms. The molecular formula is C17H13N3O2. The van der Waals surface area contributed by atoms with Crippen LogP contribution in [0.25, 0.3) is 10.9 Å². The normalized spacial score (nSPS) is 10.4. The van der Waals surface area contributed by atoms with Gasteiger partial charge in [-0.1, -0.05) is 30.3 Å². The summed E-state index contributed by atoms with van der Waals surface area (Å²) in [4.78, 5) is 28.0. The summed E-state index contributed by atoms with van der Waals surface area (Å²) in [7, 11) is 0. The zero-order valence-corrected chi connectivity index (χ0v) is 11.6. The summed E-state index contributed by atoms with van der Waals surface area (Å²) in [6.07, 6.45) is 1.58. The number of carbonyl (C=O) groups excluding carboxylic acids is 2. The number of nitrogens with one attached hydrogen (secondary N) is 1. The monoisotopic (exact) mass is 291 g/mol. The van der Waals surface area contributed by atoms with Crippen LogP contribution in [0.1, 0.15) is 20.7 Å². The van der Waals surface area contributed by atoms with Crippen molar-refractivity contribution in [3.63, 3.8) is 0 Å². The number of para-hydroxylation sites is 1. The predicted molar refractivity (Wildman–Crippen MR) is 84.7 cm³/mol. The first kappa shape index (κ1) is 13.8. The van der Waals surface area contributed by atoms with Crippen LogP contribution in [0.3, 0.4) is 0 Å². The number of rotatable bonds is 3. The van der Waals surface area contributed by atoms with Crippen LogP contribution >= 0.6 is 0 Å². The Balaban J connectivity index is 1.91. The van der Waals surface area contributed by atoms with E-state index >= 15 is 0 Å². The SMILES string of the molecule is NC(=O)c1ccccc1C(=O)Nc1cnc2ccccc2c1. The third-order valence-electron chi connectivity index (χ3n) is 3.29. The van der Waals surface area contributed by atoms with E-state index in [1.54, 1.807) is 24.4 Å². The fourth-order valence-corrected chi connectivity index (χ4v) is 2.23. The molecule has 5 heteroatoms. The van der Waals surface area contributed by atoms with E-state index in [1.165, 1.54) is 6.07 Å². The first-order chi connectivity index (χ1) is 10.6. The van der Waals surface area contributed by atoms with Crippen LogP contribution in [-0.2, 0) is 0 Å². The van der Waals surface area contributed by atoms with Gasteiger partial charge in [0.25, 0.3) is 5.91 Å². The number of fused-ring (bicyclic) bond motifs is 1. The number of nitrogens with zero attached hydrogens (tertiary/aromatic N) is 1. The van der Waals surface area contributed by atoms with Crippen LogP contribution < -0.4 is 11.1 Å². The summed E-state index contributed by atoms with van der Waals surface area (Å²) in [5, 5.41) is 3.66. The van der Waals surface area contributed by atoms with Gasteiger partial charge in [0.2, 0.25) is 5.91 Å². The van der Waals surface area contributed by atoms with Gasteiger partial charge < -0.3 is 11.1 Å². The number of amides is 2. The van der Waals surface area contributed by atoms with Gasteiger partial charge in [0.05, 0.1) is 28.5 Å². The summed E-state index contributed by atoms with van der Waals surface area (Å²) in [5.74, 6) is -1.03. The maximum absolute atomic E-state index is 12.3. The second-order valence-corrected chi connectivity index (χ2v) is 4.78. The molecule has 3 rings (SSSR count). The highest BCUT2D eigenvalue weighted by atomic mass is 16.2. The lowest BCUT2D eigenvalue weighted by Gasteiger charge is -2.08. The number of carbonyl (C=O) groups is 2. The van der Waals surface area contributed by atoms with Gasteiger partial charge in [0.1, 0.15) is 0 Å². The number of benzene rings is 2. The number of nitrogens with two attached hydrogens (primary N) is 1. The Morgan fingerprint density at radius 3 is 2.41 bits per heavy atom. The van der Waals surface area contributed by atoms with Crippen molar-refractivity contribution in [3.05, 3.63) is 71.9 Å². The Morgan fingerprint density at radius 2 is 1.64 bits per heavy atom. The third-order valence-corrected chi connectivity index (χ3v) is 3.29. The topological polar surface area (TPSA) is 85.1 Å². The van der Waals surface area contributed by atoms with E-state index in [0.717, 1.165) is 10.9 Å². The molecule has 0 aliphatic carbocycles. The number of pyridine rings is 1. The third kappa shape index (κ3) is 2.64. The van der Waals surface area contributed by atoms with E-state index in [4.69, 9.17) is 5.73 Å².